The van der Waals surface area contributed by atoms with Crippen molar-refractivity contribution >= 4 is 11.7 Å². The van der Waals surface area contributed by atoms with Gasteiger partial charge in [-0.3, -0.25) is 9.59 Å². The quantitative estimate of drug-likeness (QED) is 0.713. The highest BCUT2D eigenvalue weighted by Gasteiger charge is 2.22. The zero-order valence-corrected chi connectivity index (χ0v) is 10.6. The fourth-order valence-electron chi connectivity index (χ4n) is 1.52. The van der Waals surface area contributed by atoms with Crippen LogP contribution in [-0.4, -0.2) is 28.5 Å². The monoisotopic (exact) mass is 250 g/mol. The molecule has 1 aliphatic rings. The third-order valence-corrected chi connectivity index (χ3v) is 2.68. The molecule has 0 saturated heterocycles. The number of carbonyl (C=O) groups excluding carboxylic acids is 1. The van der Waals surface area contributed by atoms with Crippen LogP contribution < -0.4 is 16.2 Å². The van der Waals surface area contributed by atoms with Crippen LogP contribution in [0.2, 0.25) is 0 Å². The van der Waals surface area contributed by atoms with E-state index in [-0.39, 0.29) is 23.9 Å². The van der Waals surface area contributed by atoms with Crippen molar-refractivity contribution in [2.24, 2.45) is 0 Å². The molecule has 1 aromatic heterocycles. The van der Waals surface area contributed by atoms with Crippen LogP contribution in [0.15, 0.2) is 10.9 Å². The highest BCUT2D eigenvalue weighted by molar-refractivity contribution is 5.80. The Labute approximate surface area is 105 Å². The summed E-state index contributed by atoms with van der Waals surface area (Å²) in [5.41, 5.74) is -0.209. The van der Waals surface area contributed by atoms with E-state index in [0.29, 0.717) is 17.7 Å². The summed E-state index contributed by atoms with van der Waals surface area (Å²) in [5, 5.41) is 5.73. The first-order valence-corrected chi connectivity index (χ1v) is 6.19. The molecule has 1 aromatic rings. The van der Waals surface area contributed by atoms with Gasteiger partial charge in [-0.05, 0) is 12.8 Å². The molecule has 1 heterocycles. The number of amides is 1. The van der Waals surface area contributed by atoms with Gasteiger partial charge in [-0.2, -0.15) is 0 Å². The van der Waals surface area contributed by atoms with Gasteiger partial charge in [-0.1, -0.05) is 13.8 Å². The molecule has 0 radical (unpaired) electrons. The van der Waals surface area contributed by atoms with E-state index in [0.717, 1.165) is 12.8 Å². The Balaban J connectivity index is 1.95. The molecule has 6 nitrogen and oxygen atoms in total. The fraction of sp³-hybridized carbons (Fsp3) is 0.583. The highest BCUT2D eigenvalue weighted by atomic mass is 16.2. The third-order valence-electron chi connectivity index (χ3n) is 2.68. The second-order valence-electron chi connectivity index (χ2n) is 4.87. The molecular formula is C12H18N4O2. The molecule has 2 rings (SSSR count). The molecule has 0 atom stereocenters. The molecule has 1 saturated carbocycles. The molecule has 6 heteroatoms. The van der Waals surface area contributed by atoms with Gasteiger partial charge in [-0.25, -0.2) is 4.98 Å². The van der Waals surface area contributed by atoms with Crippen molar-refractivity contribution in [2.75, 3.05) is 11.9 Å². The number of anilines is 1. The number of nitrogens with zero attached hydrogens (tertiary/aromatic N) is 1. The lowest BCUT2D eigenvalue weighted by atomic mass is 10.2. The number of nitrogens with one attached hydrogen (secondary N) is 3. The maximum atomic E-state index is 11.5. The van der Waals surface area contributed by atoms with E-state index in [4.69, 9.17) is 0 Å². The van der Waals surface area contributed by atoms with Gasteiger partial charge in [0.1, 0.15) is 11.6 Å². The lowest BCUT2D eigenvalue weighted by molar-refractivity contribution is -0.119. The summed E-state index contributed by atoms with van der Waals surface area (Å²) in [6.45, 7) is 4.04. The number of hydrogen-bond donors (Lipinski definition) is 3. The normalized spacial score (nSPS) is 14.6. The number of rotatable bonds is 5. The van der Waals surface area contributed by atoms with Gasteiger partial charge in [0.15, 0.2) is 0 Å². The van der Waals surface area contributed by atoms with Crippen LogP contribution in [0.4, 0.5) is 5.82 Å². The predicted molar refractivity (Wildman–Crippen MR) is 68.6 cm³/mol. The van der Waals surface area contributed by atoms with Crippen molar-refractivity contribution in [2.45, 2.75) is 38.6 Å². The molecule has 0 aromatic carbocycles. The number of hydrogen-bond acceptors (Lipinski definition) is 4. The summed E-state index contributed by atoms with van der Waals surface area (Å²) < 4.78 is 0. The zero-order valence-electron chi connectivity index (χ0n) is 10.6. The Morgan fingerprint density at radius 3 is 2.89 bits per heavy atom. The van der Waals surface area contributed by atoms with Gasteiger partial charge in [0.25, 0.3) is 5.56 Å². The van der Waals surface area contributed by atoms with E-state index >= 15 is 0 Å². The maximum Gasteiger partial charge on any atom is 0.252 e. The molecule has 0 unspecified atom stereocenters. The Hall–Kier alpha value is -1.85. The topological polar surface area (TPSA) is 86.9 Å². The van der Waals surface area contributed by atoms with E-state index in [1.807, 2.05) is 13.8 Å². The van der Waals surface area contributed by atoms with E-state index in [2.05, 4.69) is 20.6 Å². The summed E-state index contributed by atoms with van der Waals surface area (Å²) in [5.74, 6) is 1.13. The van der Waals surface area contributed by atoms with Crippen LogP contribution in [0.3, 0.4) is 0 Å². The fourth-order valence-corrected chi connectivity index (χ4v) is 1.52. The molecule has 98 valence electrons. The predicted octanol–water partition coefficient (Wildman–Crippen LogP) is 0.584. The molecule has 3 N–H and O–H groups in total. The third kappa shape index (κ3) is 3.58. The Morgan fingerprint density at radius 2 is 2.28 bits per heavy atom. The molecule has 0 aliphatic heterocycles. The minimum absolute atomic E-state index is 0.0642. The minimum atomic E-state index is -0.209. The standard InChI is InChI=1S/C12H18N4O2/c1-7(2)12-15-9(5-10(17)16-12)13-6-11(18)14-8-3-4-8/h5,7-8H,3-4,6H2,1-2H3,(H,14,18)(H2,13,15,16,17). The molecule has 1 amide bonds. The zero-order chi connectivity index (χ0) is 13.1. The SMILES string of the molecule is CC(C)c1nc(NCC(=O)NC2CC2)cc(=O)[nH]1. The molecule has 0 bridgehead atoms. The highest BCUT2D eigenvalue weighted by Crippen LogP contribution is 2.18. The number of carbonyl (C=O) groups is 1. The van der Waals surface area contributed by atoms with Gasteiger partial charge in [0, 0.05) is 18.0 Å². The maximum absolute atomic E-state index is 11.5. The van der Waals surface area contributed by atoms with Gasteiger partial charge < -0.3 is 15.6 Å². The van der Waals surface area contributed by atoms with E-state index in [1.54, 1.807) is 0 Å². The van der Waals surface area contributed by atoms with Crippen LogP contribution in [0, 0.1) is 0 Å². The molecule has 1 aliphatic carbocycles. The lowest BCUT2D eigenvalue weighted by Crippen LogP contribution is -2.32. The molecular weight excluding hydrogens is 232 g/mol. The molecule has 0 spiro atoms. The summed E-state index contributed by atoms with van der Waals surface area (Å²) >= 11 is 0. The van der Waals surface area contributed by atoms with Crippen molar-refractivity contribution in [3.8, 4) is 0 Å². The largest absolute Gasteiger partial charge is 0.361 e. The van der Waals surface area contributed by atoms with Crippen molar-refractivity contribution < 1.29 is 4.79 Å². The van der Waals surface area contributed by atoms with Crippen molar-refractivity contribution in [1.29, 1.82) is 0 Å². The smallest absolute Gasteiger partial charge is 0.252 e. The van der Waals surface area contributed by atoms with Gasteiger partial charge >= 0.3 is 0 Å². The summed E-state index contributed by atoms with van der Waals surface area (Å²) in [6.07, 6.45) is 2.12. The average molecular weight is 250 g/mol. The number of H-pyrrole nitrogens is 1. The Kier molecular flexibility index (Phi) is 3.64. The minimum Gasteiger partial charge on any atom is -0.361 e. The number of aromatic nitrogens is 2. The van der Waals surface area contributed by atoms with Gasteiger partial charge in [0.05, 0.1) is 6.54 Å². The van der Waals surface area contributed by atoms with Crippen LogP contribution in [0.1, 0.15) is 38.4 Å². The second-order valence-corrected chi connectivity index (χ2v) is 4.87. The first-order valence-electron chi connectivity index (χ1n) is 6.19. The van der Waals surface area contributed by atoms with E-state index < -0.39 is 0 Å². The molecule has 1 fully saturated rings. The van der Waals surface area contributed by atoms with Crippen LogP contribution in [-0.2, 0) is 4.79 Å². The first kappa shape index (κ1) is 12.6. The van der Waals surface area contributed by atoms with Crippen LogP contribution in [0.25, 0.3) is 0 Å². The number of aromatic amines is 1. The first-order chi connectivity index (χ1) is 8.54. The van der Waals surface area contributed by atoms with Crippen molar-refractivity contribution in [1.82, 2.24) is 15.3 Å². The lowest BCUT2D eigenvalue weighted by Gasteiger charge is -2.09. The van der Waals surface area contributed by atoms with E-state index in [9.17, 15) is 9.59 Å². The van der Waals surface area contributed by atoms with Crippen LogP contribution >= 0.6 is 0 Å². The van der Waals surface area contributed by atoms with Gasteiger partial charge in [0.2, 0.25) is 5.91 Å². The summed E-state index contributed by atoms with van der Waals surface area (Å²) in [6, 6.07) is 1.70. The second kappa shape index (κ2) is 5.20. The summed E-state index contributed by atoms with van der Waals surface area (Å²) in [7, 11) is 0. The van der Waals surface area contributed by atoms with E-state index in [1.165, 1.54) is 6.07 Å². The average Bonchev–Trinajstić information content (AvgIpc) is 3.09. The van der Waals surface area contributed by atoms with Crippen molar-refractivity contribution in [3.63, 3.8) is 0 Å². The van der Waals surface area contributed by atoms with Gasteiger partial charge in [-0.15, -0.1) is 0 Å². The Bertz CT molecular complexity index is 491. The van der Waals surface area contributed by atoms with Crippen LogP contribution in [0.5, 0.6) is 0 Å². The van der Waals surface area contributed by atoms with Crippen molar-refractivity contribution in [3.05, 3.63) is 22.2 Å². The molecule has 18 heavy (non-hydrogen) atoms. The summed E-state index contributed by atoms with van der Waals surface area (Å²) in [4.78, 5) is 29.8. The Morgan fingerprint density at radius 1 is 1.56 bits per heavy atom.